The molecule has 3 aromatic rings. The third-order valence-corrected chi connectivity index (χ3v) is 3.67. The minimum Gasteiger partial charge on any atom is -0.493 e. The van der Waals surface area contributed by atoms with E-state index in [4.69, 9.17) is 18.6 Å². The van der Waals surface area contributed by atoms with Crippen molar-refractivity contribution in [3.8, 4) is 34.3 Å². The van der Waals surface area contributed by atoms with E-state index in [1.807, 2.05) is 30.3 Å². The normalized spacial score (nSPS) is 10.4. The molecule has 6 heteroatoms. The quantitative estimate of drug-likeness (QED) is 0.658. The van der Waals surface area contributed by atoms with Gasteiger partial charge < -0.3 is 18.6 Å². The minimum atomic E-state index is -0.573. The van der Waals surface area contributed by atoms with Crippen molar-refractivity contribution < 1.29 is 23.4 Å². The molecule has 0 amide bonds. The number of methoxy groups -OCH3 is 3. The van der Waals surface area contributed by atoms with Crippen LogP contribution in [0.2, 0.25) is 0 Å². The van der Waals surface area contributed by atoms with Gasteiger partial charge in [-0.3, -0.25) is 0 Å². The average molecular weight is 339 g/mol. The first-order chi connectivity index (χ1) is 12.2. The summed E-state index contributed by atoms with van der Waals surface area (Å²) in [5.74, 6) is 1.18. The molecule has 0 atom stereocenters. The van der Waals surface area contributed by atoms with Crippen LogP contribution in [-0.4, -0.2) is 32.3 Å². The highest BCUT2D eigenvalue weighted by Crippen LogP contribution is 2.36. The lowest BCUT2D eigenvalue weighted by Crippen LogP contribution is -2.03. The maximum absolute atomic E-state index is 12.1. The number of rotatable bonds is 5. The molecule has 0 aliphatic heterocycles. The van der Waals surface area contributed by atoms with Gasteiger partial charge in [0.15, 0.2) is 23.0 Å². The zero-order chi connectivity index (χ0) is 17.8. The molecule has 0 fully saturated rings. The van der Waals surface area contributed by atoms with Crippen molar-refractivity contribution in [1.82, 2.24) is 4.98 Å². The summed E-state index contributed by atoms with van der Waals surface area (Å²) in [5, 5.41) is 0. The van der Waals surface area contributed by atoms with Gasteiger partial charge in [-0.1, -0.05) is 18.2 Å². The van der Waals surface area contributed by atoms with Gasteiger partial charge >= 0.3 is 5.97 Å². The molecule has 2 aromatic carbocycles. The third kappa shape index (κ3) is 3.19. The van der Waals surface area contributed by atoms with E-state index in [2.05, 4.69) is 4.98 Å². The summed E-state index contributed by atoms with van der Waals surface area (Å²) in [6.07, 6.45) is 0. The topological polar surface area (TPSA) is 70.8 Å². The SMILES string of the molecule is COC(=O)c1nc(-c2ccccc2)oc1-c1ccc(OC)c(OC)c1. The van der Waals surface area contributed by atoms with E-state index >= 15 is 0 Å². The number of hydrogen-bond acceptors (Lipinski definition) is 6. The molecular weight excluding hydrogens is 322 g/mol. The summed E-state index contributed by atoms with van der Waals surface area (Å²) >= 11 is 0. The molecule has 0 radical (unpaired) electrons. The van der Waals surface area contributed by atoms with Crippen molar-refractivity contribution in [2.45, 2.75) is 0 Å². The summed E-state index contributed by atoms with van der Waals surface area (Å²) in [4.78, 5) is 16.4. The molecule has 0 saturated heterocycles. The van der Waals surface area contributed by atoms with Crippen LogP contribution in [0.1, 0.15) is 10.5 Å². The van der Waals surface area contributed by atoms with Crippen molar-refractivity contribution in [3.05, 3.63) is 54.2 Å². The van der Waals surface area contributed by atoms with Crippen molar-refractivity contribution in [3.63, 3.8) is 0 Å². The molecule has 6 nitrogen and oxygen atoms in total. The van der Waals surface area contributed by atoms with E-state index in [1.54, 1.807) is 32.4 Å². The number of carbonyl (C=O) groups is 1. The maximum atomic E-state index is 12.1. The molecule has 0 aliphatic carbocycles. The van der Waals surface area contributed by atoms with Crippen LogP contribution in [0, 0.1) is 0 Å². The molecule has 0 spiro atoms. The van der Waals surface area contributed by atoms with Crippen LogP contribution >= 0.6 is 0 Å². The Hall–Kier alpha value is -3.28. The number of nitrogens with zero attached hydrogens (tertiary/aromatic N) is 1. The summed E-state index contributed by atoms with van der Waals surface area (Å²) in [7, 11) is 4.40. The Kier molecular flexibility index (Phi) is 4.70. The Labute approximate surface area is 145 Å². The minimum absolute atomic E-state index is 0.105. The summed E-state index contributed by atoms with van der Waals surface area (Å²) in [5.41, 5.74) is 1.50. The van der Waals surface area contributed by atoms with E-state index in [9.17, 15) is 4.79 Å². The van der Waals surface area contributed by atoms with Crippen molar-refractivity contribution in [2.24, 2.45) is 0 Å². The van der Waals surface area contributed by atoms with Crippen LogP contribution in [0.4, 0.5) is 0 Å². The number of carbonyl (C=O) groups excluding carboxylic acids is 1. The zero-order valence-corrected chi connectivity index (χ0v) is 14.1. The summed E-state index contributed by atoms with van der Waals surface area (Å²) < 4.78 is 21.3. The molecule has 0 unspecified atom stereocenters. The van der Waals surface area contributed by atoms with E-state index in [-0.39, 0.29) is 5.69 Å². The molecule has 128 valence electrons. The van der Waals surface area contributed by atoms with Crippen LogP contribution in [0.25, 0.3) is 22.8 Å². The van der Waals surface area contributed by atoms with Crippen LogP contribution in [-0.2, 0) is 4.74 Å². The smallest absolute Gasteiger partial charge is 0.360 e. The first-order valence-electron chi connectivity index (χ1n) is 7.55. The Balaban J connectivity index is 2.14. The van der Waals surface area contributed by atoms with Gasteiger partial charge in [0, 0.05) is 11.1 Å². The lowest BCUT2D eigenvalue weighted by atomic mass is 10.1. The number of hydrogen-bond donors (Lipinski definition) is 0. The first-order valence-corrected chi connectivity index (χ1v) is 7.55. The fraction of sp³-hybridized carbons (Fsp3) is 0.158. The predicted octanol–water partition coefficient (Wildman–Crippen LogP) is 3.81. The predicted molar refractivity (Wildman–Crippen MR) is 91.8 cm³/mol. The average Bonchev–Trinajstić information content (AvgIpc) is 3.13. The van der Waals surface area contributed by atoms with Crippen molar-refractivity contribution in [2.75, 3.05) is 21.3 Å². The monoisotopic (exact) mass is 339 g/mol. The third-order valence-electron chi connectivity index (χ3n) is 3.67. The molecule has 3 rings (SSSR count). The maximum Gasteiger partial charge on any atom is 0.360 e. The van der Waals surface area contributed by atoms with Crippen molar-refractivity contribution >= 4 is 5.97 Å². The van der Waals surface area contributed by atoms with Crippen LogP contribution in [0.5, 0.6) is 11.5 Å². The number of oxazole rings is 1. The second kappa shape index (κ2) is 7.09. The van der Waals surface area contributed by atoms with Gasteiger partial charge in [0.1, 0.15) is 0 Å². The van der Waals surface area contributed by atoms with Crippen LogP contribution < -0.4 is 9.47 Å². The van der Waals surface area contributed by atoms with Gasteiger partial charge in [0.2, 0.25) is 5.89 Å². The fourth-order valence-corrected chi connectivity index (χ4v) is 2.43. The van der Waals surface area contributed by atoms with Crippen LogP contribution in [0.15, 0.2) is 52.9 Å². The molecule has 25 heavy (non-hydrogen) atoms. The molecular formula is C19H17NO5. The molecule has 0 saturated carbocycles. The lowest BCUT2D eigenvalue weighted by Gasteiger charge is -2.08. The Morgan fingerprint density at radius 2 is 1.64 bits per heavy atom. The fourth-order valence-electron chi connectivity index (χ4n) is 2.43. The van der Waals surface area contributed by atoms with Gasteiger partial charge in [0.25, 0.3) is 0 Å². The lowest BCUT2D eigenvalue weighted by molar-refractivity contribution is 0.0595. The van der Waals surface area contributed by atoms with E-state index in [0.29, 0.717) is 28.7 Å². The van der Waals surface area contributed by atoms with Gasteiger partial charge in [0.05, 0.1) is 21.3 Å². The summed E-state index contributed by atoms with van der Waals surface area (Å²) in [6, 6.07) is 14.6. The zero-order valence-electron chi connectivity index (χ0n) is 14.1. The Morgan fingerprint density at radius 1 is 0.920 bits per heavy atom. The Morgan fingerprint density at radius 3 is 2.28 bits per heavy atom. The number of esters is 1. The number of ether oxygens (including phenoxy) is 3. The molecule has 1 heterocycles. The molecule has 0 N–H and O–H groups in total. The molecule has 1 aromatic heterocycles. The van der Waals surface area contributed by atoms with E-state index in [1.165, 1.54) is 7.11 Å². The van der Waals surface area contributed by atoms with Gasteiger partial charge in [-0.05, 0) is 30.3 Å². The summed E-state index contributed by atoms with van der Waals surface area (Å²) in [6.45, 7) is 0. The number of aromatic nitrogens is 1. The van der Waals surface area contributed by atoms with Gasteiger partial charge in [-0.25, -0.2) is 9.78 Å². The number of benzene rings is 2. The van der Waals surface area contributed by atoms with Crippen molar-refractivity contribution in [1.29, 1.82) is 0 Å². The molecule has 0 aliphatic rings. The van der Waals surface area contributed by atoms with E-state index < -0.39 is 5.97 Å². The van der Waals surface area contributed by atoms with Crippen LogP contribution in [0.3, 0.4) is 0 Å². The first kappa shape index (κ1) is 16.6. The highest BCUT2D eigenvalue weighted by atomic mass is 16.5. The Bertz CT molecular complexity index is 886. The highest BCUT2D eigenvalue weighted by Gasteiger charge is 2.23. The second-order valence-electron chi connectivity index (χ2n) is 5.12. The second-order valence-corrected chi connectivity index (χ2v) is 5.12. The van der Waals surface area contributed by atoms with Gasteiger partial charge in [-0.15, -0.1) is 0 Å². The largest absolute Gasteiger partial charge is 0.493 e. The van der Waals surface area contributed by atoms with Gasteiger partial charge in [-0.2, -0.15) is 0 Å². The highest BCUT2D eigenvalue weighted by molar-refractivity contribution is 5.94. The standard InChI is InChI=1S/C19H17NO5/c1-22-14-10-9-13(11-15(14)23-2)17-16(19(21)24-3)20-18(25-17)12-7-5-4-6-8-12/h4-11H,1-3H3. The molecule has 0 bridgehead atoms. The van der Waals surface area contributed by atoms with E-state index in [0.717, 1.165) is 5.56 Å².